The van der Waals surface area contributed by atoms with Crippen molar-refractivity contribution >= 4 is 0 Å². The van der Waals surface area contributed by atoms with Crippen molar-refractivity contribution in [3.05, 3.63) is 0 Å². The Hall–Kier alpha value is -0.180. The van der Waals surface area contributed by atoms with Gasteiger partial charge in [0.2, 0.25) is 5.85 Å². The Balaban J connectivity index is -0.000000114. The largest absolute Gasteiger partial charge is 0.346 e. The SMILES string of the molecule is C.C.CC1(F)CCO1.CF. The quantitative estimate of drug-likeness (QED) is 0.524. The third-order valence-corrected chi connectivity index (χ3v) is 0.952. The normalized spacial score (nSPS) is 27.6. The molecule has 0 aromatic heterocycles. The van der Waals surface area contributed by atoms with Crippen molar-refractivity contribution in [2.75, 3.05) is 13.8 Å². The van der Waals surface area contributed by atoms with Crippen molar-refractivity contribution < 1.29 is 13.5 Å². The number of hydrogen-bond acceptors (Lipinski definition) is 1. The van der Waals surface area contributed by atoms with E-state index in [-0.39, 0.29) is 14.9 Å². The fraction of sp³-hybridized carbons (Fsp3) is 1.00. The zero-order chi connectivity index (χ0) is 6.62. The van der Waals surface area contributed by atoms with Gasteiger partial charge in [0.1, 0.15) is 0 Å². The Kier molecular flexibility index (Phi) is 11.4. The number of hydrogen-bond donors (Lipinski definition) is 0. The van der Waals surface area contributed by atoms with Gasteiger partial charge in [-0.05, 0) is 6.92 Å². The monoisotopic (exact) mass is 156 g/mol. The van der Waals surface area contributed by atoms with E-state index in [2.05, 4.69) is 4.74 Å². The first-order chi connectivity index (χ1) is 3.71. The minimum absolute atomic E-state index is 0. The van der Waals surface area contributed by atoms with E-state index < -0.39 is 5.85 Å². The highest BCUT2D eigenvalue weighted by molar-refractivity contribution is 4.68. The Morgan fingerprint density at radius 1 is 1.30 bits per heavy atom. The fourth-order valence-electron chi connectivity index (χ4n) is 0.383. The lowest BCUT2D eigenvalue weighted by Crippen LogP contribution is -2.35. The van der Waals surface area contributed by atoms with Gasteiger partial charge in [-0.2, -0.15) is 0 Å². The summed E-state index contributed by atoms with van der Waals surface area (Å²) < 4.78 is 25.9. The van der Waals surface area contributed by atoms with Gasteiger partial charge in [0.15, 0.2) is 0 Å². The van der Waals surface area contributed by atoms with E-state index in [1.165, 1.54) is 6.92 Å². The van der Waals surface area contributed by atoms with Gasteiger partial charge in [-0.1, -0.05) is 14.9 Å². The zero-order valence-electron chi connectivity index (χ0n) is 5.08. The molecule has 1 heterocycles. The molecule has 0 aromatic rings. The van der Waals surface area contributed by atoms with Crippen LogP contribution >= 0.6 is 0 Å². The zero-order valence-corrected chi connectivity index (χ0v) is 5.08. The Morgan fingerprint density at radius 2 is 1.50 bits per heavy atom. The second-order valence-electron chi connectivity index (χ2n) is 1.70. The van der Waals surface area contributed by atoms with Gasteiger partial charge in [-0.3, -0.25) is 4.39 Å². The van der Waals surface area contributed by atoms with E-state index >= 15 is 0 Å². The molecule has 0 saturated carbocycles. The van der Waals surface area contributed by atoms with Crippen LogP contribution in [0.5, 0.6) is 0 Å². The molecule has 0 amide bonds. The molecule has 1 fully saturated rings. The highest BCUT2D eigenvalue weighted by atomic mass is 19.2. The molecular formula is C7H18F2O. The second kappa shape index (κ2) is 6.93. The summed E-state index contributed by atoms with van der Waals surface area (Å²) in [6.45, 7) is 2.03. The van der Waals surface area contributed by atoms with Gasteiger partial charge in [-0.25, -0.2) is 4.39 Å². The maximum atomic E-state index is 12.0. The van der Waals surface area contributed by atoms with Crippen LogP contribution in [0.4, 0.5) is 8.78 Å². The first kappa shape index (κ1) is 16.4. The highest BCUT2D eigenvalue weighted by Gasteiger charge is 2.31. The highest BCUT2D eigenvalue weighted by Crippen LogP contribution is 2.25. The average molecular weight is 156 g/mol. The van der Waals surface area contributed by atoms with Crippen LogP contribution in [-0.4, -0.2) is 19.6 Å². The van der Waals surface area contributed by atoms with Gasteiger partial charge in [0.25, 0.3) is 0 Å². The van der Waals surface area contributed by atoms with Crippen LogP contribution < -0.4 is 0 Å². The summed E-state index contributed by atoms with van der Waals surface area (Å²) in [6.07, 6.45) is 0.562. The molecule has 1 aliphatic heterocycles. The summed E-state index contributed by atoms with van der Waals surface area (Å²) in [7, 11) is 0.500. The van der Waals surface area contributed by atoms with Gasteiger partial charge < -0.3 is 4.74 Å². The minimum atomic E-state index is -1.28. The molecule has 0 bridgehead atoms. The van der Waals surface area contributed by atoms with Crippen molar-refractivity contribution in [1.29, 1.82) is 0 Å². The van der Waals surface area contributed by atoms with Crippen LogP contribution in [0.25, 0.3) is 0 Å². The molecule has 1 atom stereocenters. The summed E-state index contributed by atoms with van der Waals surface area (Å²) in [5, 5.41) is 0. The van der Waals surface area contributed by atoms with Gasteiger partial charge in [0.05, 0.1) is 13.8 Å². The van der Waals surface area contributed by atoms with Gasteiger partial charge >= 0.3 is 0 Å². The molecule has 1 saturated heterocycles. The van der Waals surface area contributed by atoms with Crippen LogP contribution in [0.1, 0.15) is 28.2 Å². The lowest BCUT2D eigenvalue weighted by molar-refractivity contribution is -0.219. The van der Waals surface area contributed by atoms with Crippen molar-refractivity contribution in [3.63, 3.8) is 0 Å². The first-order valence-electron chi connectivity index (χ1n) is 2.41. The van der Waals surface area contributed by atoms with E-state index in [9.17, 15) is 8.78 Å². The molecular weight excluding hydrogens is 138 g/mol. The molecule has 0 aliphatic carbocycles. The van der Waals surface area contributed by atoms with E-state index in [1.54, 1.807) is 0 Å². The van der Waals surface area contributed by atoms with Crippen LogP contribution in [0.2, 0.25) is 0 Å². The lowest BCUT2D eigenvalue weighted by Gasteiger charge is -2.29. The van der Waals surface area contributed by atoms with Crippen LogP contribution in [0, 0.1) is 0 Å². The summed E-state index contributed by atoms with van der Waals surface area (Å²) in [6, 6.07) is 0. The first-order valence-corrected chi connectivity index (χ1v) is 2.41. The maximum Gasteiger partial charge on any atom is 0.208 e. The molecule has 0 N–H and O–H groups in total. The van der Waals surface area contributed by atoms with Crippen molar-refractivity contribution in [3.8, 4) is 0 Å². The molecule has 1 nitrogen and oxygen atoms in total. The Labute approximate surface area is 62.4 Å². The number of alkyl halides is 2. The summed E-state index contributed by atoms with van der Waals surface area (Å²) in [5.74, 6) is -1.28. The summed E-state index contributed by atoms with van der Waals surface area (Å²) in [4.78, 5) is 0. The van der Waals surface area contributed by atoms with E-state index in [0.717, 1.165) is 0 Å². The van der Waals surface area contributed by atoms with E-state index in [4.69, 9.17) is 0 Å². The molecule has 0 radical (unpaired) electrons. The van der Waals surface area contributed by atoms with Crippen molar-refractivity contribution in [1.82, 2.24) is 0 Å². The van der Waals surface area contributed by atoms with Crippen LogP contribution in [0.15, 0.2) is 0 Å². The van der Waals surface area contributed by atoms with Crippen molar-refractivity contribution in [2.45, 2.75) is 34.1 Å². The molecule has 3 heteroatoms. The number of ether oxygens (including phenoxy) is 1. The molecule has 1 unspecified atom stereocenters. The van der Waals surface area contributed by atoms with Crippen molar-refractivity contribution in [2.24, 2.45) is 0 Å². The summed E-state index contributed by atoms with van der Waals surface area (Å²) in [5.41, 5.74) is 0. The topological polar surface area (TPSA) is 9.23 Å². The predicted molar refractivity (Wildman–Crippen MR) is 40.6 cm³/mol. The Morgan fingerprint density at radius 3 is 1.50 bits per heavy atom. The van der Waals surface area contributed by atoms with E-state index in [0.29, 0.717) is 20.2 Å². The molecule has 0 spiro atoms. The molecule has 0 aromatic carbocycles. The Bertz CT molecular complexity index is 58.6. The van der Waals surface area contributed by atoms with Gasteiger partial charge in [-0.15, -0.1) is 0 Å². The third kappa shape index (κ3) is 5.95. The second-order valence-corrected chi connectivity index (χ2v) is 1.70. The fourth-order valence-corrected chi connectivity index (χ4v) is 0.383. The molecule has 1 rings (SSSR count). The average Bonchev–Trinajstić information content (AvgIpc) is 1.69. The predicted octanol–water partition coefficient (Wildman–Crippen LogP) is 2.95. The maximum absolute atomic E-state index is 12.0. The number of halogens is 2. The standard InChI is InChI=1S/C4H7FO.CH3F.2CH4/c1-4(5)2-3-6-4;1-2;;/h2-3H2,1H3;1H3;2*1H4. The van der Waals surface area contributed by atoms with E-state index in [1.807, 2.05) is 0 Å². The number of rotatable bonds is 0. The minimum Gasteiger partial charge on any atom is -0.346 e. The molecule has 1 aliphatic rings. The molecule has 10 heavy (non-hydrogen) atoms. The smallest absolute Gasteiger partial charge is 0.208 e. The molecule has 66 valence electrons. The van der Waals surface area contributed by atoms with Gasteiger partial charge in [0, 0.05) is 6.42 Å². The third-order valence-electron chi connectivity index (χ3n) is 0.952. The van der Waals surface area contributed by atoms with Crippen LogP contribution in [-0.2, 0) is 4.74 Å². The summed E-state index contributed by atoms with van der Waals surface area (Å²) >= 11 is 0. The van der Waals surface area contributed by atoms with Crippen LogP contribution in [0.3, 0.4) is 0 Å². The lowest BCUT2D eigenvalue weighted by atomic mass is 10.2.